The van der Waals surface area contributed by atoms with Crippen molar-refractivity contribution in [2.75, 3.05) is 7.05 Å². The average molecular weight is 312 g/mol. The number of H-pyrrole nitrogens is 1. The first kappa shape index (κ1) is 15.3. The number of carbonyl (C=O) groups excluding carboxylic acids is 1. The molecule has 1 aromatic carbocycles. The summed E-state index contributed by atoms with van der Waals surface area (Å²) in [7, 11) is 1.81. The number of rotatable bonds is 3. The second kappa shape index (κ2) is 6.64. The molecule has 0 radical (unpaired) electrons. The van der Waals surface area contributed by atoms with Crippen LogP contribution >= 0.6 is 0 Å². The largest absolute Gasteiger partial charge is 0.332 e. The Morgan fingerprint density at radius 2 is 2.26 bits per heavy atom. The predicted octanol–water partition coefficient (Wildman–Crippen LogP) is 1.99. The van der Waals surface area contributed by atoms with Gasteiger partial charge in [-0.2, -0.15) is 0 Å². The molecule has 2 aromatic rings. The van der Waals surface area contributed by atoms with Crippen molar-refractivity contribution in [3.8, 4) is 0 Å². The number of amides is 2. The van der Waals surface area contributed by atoms with Crippen molar-refractivity contribution in [1.29, 1.82) is 0 Å². The van der Waals surface area contributed by atoms with Crippen molar-refractivity contribution in [2.24, 2.45) is 0 Å². The first-order valence-electron chi connectivity index (χ1n) is 7.77. The molecule has 120 valence electrons. The molecule has 1 atom stereocenters. The zero-order valence-electron chi connectivity index (χ0n) is 13.1. The topological polar surface area (TPSA) is 78.1 Å². The molecule has 2 N–H and O–H groups in total. The second-order valence-corrected chi connectivity index (χ2v) is 5.78. The van der Waals surface area contributed by atoms with E-state index in [0.717, 1.165) is 19.3 Å². The van der Waals surface area contributed by atoms with Gasteiger partial charge in [0, 0.05) is 13.1 Å². The van der Waals surface area contributed by atoms with Crippen LogP contribution in [0.15, 0.2) is 41.5 Å². The quantitative estimate of drug-likeness (QED) is 0.910. The summed E-state index contributed by atoms with van der Waals surface area (Å²) in [5.41, 5.74) is 2.86. The summed E-state index contributed by atoms with van der Waals surface area (Å²) in [4.78, 5) is 31.9. The van der Waals surface area contributed by atoms with E-state index < -0.39 is 0 Å². The number of carbonyl (C=O) groups is 1. The molecule has 3 rings (SSSR count). The highest BCUT2D eigenvalue weighted by Gasteiger charge is 2.26. The molecule has 1 aliphatic carbocycles. The molecular formula is C17H20N4O2. The number of benzene rings is 1. The van der Waals surface area contributed by atoms with Crippen LogP contribution in [0, 0.1) is 0 Å². The minimum absolute atomic E-state index is 0.0899. The van der Waals surface area contributed by atoms with E-state index in [1.165, 1.54) is 23.5 Å². The maximum absolute atomic E-state index is 12.4. The summed E-state index contributed by atoms with van der Waals surface area (Å²) in [6.07, 6.45) is 4.45. The molecule has 1 aliphatic rings. The Bertz CT molecular complexity index is 756. The van der Waals surface area contributed by atoms with E-state index in [0.29, 0.717) is 5.69 Å². The fourth-order valence-corrected chi connectivity index (χ4v) is 3.07. The molecule has 0 unspecified atom stereocenters. The molecular weight excluding hydrogens is 292 g/mol. The van der Waals surface area contributed by atoms with Gasteiger partial charge in [0.15, 0.2) is 0 Å². The maximum atomic E-state index is 12.4. The highest BCUT2D eigenvalue weighted by Crippen LogP contribution is 2.33. The van der Waals surface area contributed by atoms with Gasteiger partial charge in [0.2, 0.25) is 0 Å². The molecule has 6 heteroatoms. The maximum Gasteiger partial charge on any atom is 0.317 e. The third kappa shape index (κ3) is 3.41. The Labute approximate surface area is 134 Å². The lowest BCUT2D eigenvalue weighted by molar-refractivity contribution is 0.183. The Hall–Kier alpha value is -2.63. The number of fused-ring (bicyclic) bond motifs is 1. The molecule has 0 fully saturated rings. The third-order valence-corrected chi connectivity index (χ3v) is 4.28. The highest BCUT2D eigenvalue weighted by molar-refractivity contribution is 5.74. The molecule has 0 saturated heterocycles. The fourth-order valence-electron chi connectivity index (χ4n) is 3.07. The molecule has 0 aliphatic heterocycles. The van der Waals surface area contributed by atoms with Crippen molar-refractivity contribution in [3.05, 3.63) is 63.8 Å². The van der Waals surface area contributed by atoms with E-state index >= 15 is 0 Å². The second-order valence-electron chi connectivity index (χ2n) is 5.78. The number of nitrogens with one attached hydrogen (secondary N) is 2. The van der Waals surface area contributed by atoms with Crippen LogP contribution in [0.3, 0.4) is 0 Å². The summed E-state index contributed by atoms with van der Waals surface area (Å²) >= 11 is 0. The summed E-state index contributed by atoms with van der Waals surface area (Å²) in [6.45, 7) is 0.238. The van der Waals surface area contributed by atoms with Gasteiger partial charge in [-0.3, -0.25) is 4.79 Å². The predicted molar refractivity (Wildman–Crippen MR) is 87.0 cm³/mol. The van der Waals surface area contributed by atoms with Gasteiger partial charge >= 0.3 is 6.03 Å². The van der Waals surface area contributed by atoms with Gasteiger partial charge in [0.05, 0.1) is 24.6 Å². The van der Waals surface area contributed by atoms with E-state index in [1.807, 2.05) is 19.2 Å². The average Bonchev–Trinajstić information content (AvgIpc) is 2.58. The van der Waals surface area contributed by atoms with Gasteiger partial charge in [-0.1, -0.05) is 24.3 Å². The van der Waals surface area contributed by atoms with Crippen LogP contribution in [0.1, 0.15) is 35.7 Å². The molecule has 0 spiro atoms. The lowest BCUT2D eigenvalue weighted by atomic mass is 9.87. The molecule has 23 heavy (non-hydrogen) atoms. The van der Waals surface area contributed by atoms with Crippen LogP contribution in [-0.4, -0.2) is 27.9 Å². The normalized spacial score (nSPS) is 16.5. The van der Waals surface area contributed by atoms with E-state index in [4.69, 9.17) is 0 Å². The zero-order chi connectivity index (χ0) is 16.2. The van der Waals surface area contributed by atoms with Crippen LogP contribution in [0.25, 0.3) is 0 Å². The minimum atomic E-state index is -0.223. The number of aromatic nitrogens is 2. The SMILES string of the molecule is CN(C(=O)NCc1cc(=O)[nH]cn1)[C@H]1CCCc2ccccc21. The first-order valence-corrected chi connectivity index (χ1v) is 7.77. The number of nitrogens with zero attached hydrogens (tertiary/aromatic N) is 2. The molecule has 1 aromatic heterocycles. The molecule has 0 saturated carbocycles. The van der Waals surface area contributed by atoms with E-state index in [-0.39, 0.29) is 24.2 Å². The van der Waals surface area contributed by atoms with Crippen molar-refractivity contribution in [2.45, 2.75) is 31.8 Å². The summed E-state index contributed by atoms with van der Waals surface area (Å²) < 4.78 is 0. The number of hydrogen-bond donors (Lipinski definition) is 2. The van der Waals surface area contributed by atoms with Gasteiger partial charge in [0.1, 0.15) is 0 Å². The Morgan fingerprint density at radius 1 is 1.43 bits per heavy atom. The van der Waals surface area contributed by atoms with Crippen molar-refractivity contribution in [3.63, 3.8) is 0 Å². The molecule has 6 nitrogen and oxygen atoms in total. The highest BCUT2D eigenvalue weighted by atomic mass is 16.2. The van der Waals surface area contributed by atoms with Crippen LogP contribution < -0.4 is 10.9 Å². The lowest BCUT2D eigenvalue weighted by Crippen LogP contribution is -2.40. The molecule has 0 bridgehead atoms. The van der Waals surface area contributed by atoms with Crippen LogP contribution in [0.4, 0.5) is 4.79 Å². The third-order valence-electron chi connectivity index (χ3n) is 4.28. The first-order chi connectivity index (χ1) is 11.1. The molecule has 1 heterocycles. The minimum Gasteiger partial charge on any atom is -0.332 e. The van der Waals surface area contributed by atoms with E-state index in [9.17, 15) is 9.59 Å². The van der Waals surface area contributed by atoms with Gasteiger partial charge in [-0.05, 0) is 30.4 Å². The summed E-state index contributed by atoms with van der Waals surface area (Å²) in [6, 6.07) is 9.61. The van der Waals surface area contributed by atoms with Crippen LogP contribution in [-0.2, 0) is 13.0 Å². The number of hydrogen-bond acceptors (Lipinski definition) is 3. The molecule has 2 amide bonds. The Morgan fingerprint density at radius 3 is 3.09 bits per heavy atom. The number of urea groups is 1. The standard InChI is InChI=1S/C17H20N4O2/c1-21(15-8-4-6-12-5-2-3-7-14(12)15)17(23)18-10-13-9-16(22)20-11-19-13/h2-3,5,7,9,11,15H,4,6,8,10H2,1H3,(H,18,23)(H,19,20,22)/t15-/m0/s1. The van der Waals surface area contributed by atoms with Gasteiger partial charge < -0.3 is 15.2 Å². The fraction of sp³-hybridized carbons (Fsp3) is 0.353. The van der Waals surface area contributed by atoms with Crippen LogP contribution in [0.2, 0.25) is 0 Å². The van der Waals surface area contributed by atoms with Gasteiger partial charge in [-0.25, -0.2) is 9.78 Å². The van der Waals surface area contributed by atoms with Gasteiger partial charge in [-0.15, -0.1) is 0 Å². The smallest absolute Gasteiger partial charge is 0.317 e. The van der Waals surface area contributed by atoms with Gasteiger partial charge in [0.25, 0.3) is 5.56 Å². The van der Waals surface area contributed by atoms with E-state index in [2.05, 4.69) is 27.4 Å². The number of aryl methyl sites for hydroxylation is 1. The van der Waals surface area contributed by atoms with Crippen molar-refractivity contribution < 1.29 is 4.79 Å². The monoisotopic (exact) mass is 312 g/mol. The number of aromatic amines is 1. The Balaban J connectivity index is 1.67. The van der Waals surface area contributed by atoms with Crippen molar-refractivity contribution in [1.82, 2.24) is 20.2 Å². The Kier molecular flexibility index (Phi) is 4.41. The summed E-state index contributed by atoms with van der Waals surface area (Å²) in [5, 5.41) is 2.83. The lowest BCUT2D eigenvalue weighted by Gasteiger charge is -2.33. The van der Waals surface area contributed by atoms with Crippen LogP contribution in [0.5, 0.6) is 0 Å². The zero-order valence-corrected chi connectivity index (χ0v) is 13.1. The van der Waals surface area contributed by atoms with Crippen molar-refractivity contribution >= 4 is 6.03 Å². The van der Waals surface area contributed by atoms with E-state index in [1.54, 1.807) is 4.90 Å². The summed E-state index contributed by atoms with van der Waals surface area (Å²) in [5.74, 6) is 0.